The van der Waals surface area contributed by atoms with Crippen molar-refractivity contribution in [3.8, 4) is 0 Å². The second kappa shape index (κ2) is 16.9. The van der Waals surface area contributed by atoms with Gasteiger partial charge in [0.25, 0.3) is 0 Å². The van der Waals surface area contributed by atoms with Gasteiger partial charge in [0.15, 0.2) is 0 Å². The lowest BCUT2D eigenvalue weighted by Gasteiger charge is -1.88. The molecule has 96 valence electrons. The summed E-state index contributed by atoms with van der Waals surface area (Å²) in [6, 6.07) is 0. The van der Waals surface area contributed by atoms with Gasteiger partial charge in [0.05, 0.1) is 0 Å². The van der Waals surface area contributed by atoms with Crippen LogP contribution >= 0.6 is 0 Å². The van der Waals surface area contributed by atoms with Gasteiger partial charge >= 0.3 is 0 Å². The number of hydrogen-bond donors (Lipinski definition) is 0. The Balaban J connectivity index is -0.000000174. The van der Waals surface area contributed by atoms with Crippen molar-refractivity contribution in [2.75, 3.05) is 0 Å². The Morgan fingerprint density at radius 3 is 1.41 bits per heavy atom. The van der Waals surface area contributed by atoms with E-state index in [4.69, 9.17) is 0 Å². The molecule has 0 saturated heterocycles. The van der Waals surface area contributed by atoms with E-state index in [9.17, 15) is 0 Å². The second-order valence-corrected chi connectivity index (χ2v) is 3.54. The molecule has 0 nitrogen and oxygen atoms in total. The molecule has 0 aromatic carbocycles. The quantitative estimate of drug-likeness (QED) is 0.519. The van der Waals surface area contributed by atoms with E-state index in [0.717, 1.165) is 23.1 Å². The van der Waals surface area contributed by atoms with Crippen molar-refractivity contribution in [2.24, 2.45) is 0 Å². The third-order valence-corrected chi connectivity index (χ3v) is 1.80. The Hall–Kier alpha value is -1.56. The van der Waals surface area contributed by atoms with E-state index in [0.29, 0.717) is 0 Å². The zero-order chi connectivity index (χ0) is 14.3. The predicted octanol–water partition coefficient (Wildman–Crippen LogP) is 6.03. The first-order valence-electron chi connectivity index (χ1n) is 5.72. The lowest BCUT2D eigenvalue weighted by Crippen LogP contribution is -1.67. The standard InChI is InChI=1S/2C6H10.C5H8/c1-5(2)6(3)4;1-4-6(3)5-2;1-3-5-4-2/h1,3H2,2,4H3;4H,1,3,5H2,2H3;3-5H,1H2,2H3/b;;5-4+. The Morgan fingerprint density at radius 1 is 1.00 bits per heavy atom. The molecule has 0 heterocycles. The molecule has 0 atom stereocenters. The van der Waals surface area contributed by atoms with Crippen molar-refractivity contribution in [1.29, 1.82) is 0 Å². The summed E-state index contributed by atoms with van der Waals surface area (Å²) in [5.41, 5.74) is 3.24. The van der Waals surface area contributed by atoms with Crippen LogP contribution in [0.5, 0.6) is 0 Å². The zero-order valence-corrected chi connectivity index (χ0v) is 12.1. The van der Waals surface area contributed by atoms with Gasteiger partial charge in [-0.05, 0) is 27.2 Å². The minimum absolute atomic E-state index is 1.02. The van der Waals surface area contributed by atoms with Gasteiger partial charge in [0.2, 0.25) is 0 Å². The number of hydrogen-bond acceptors (Lipinski definition) is 0. The maximum atomic E-state index is 3.67. The summed E-state index contributed by atoms with van der Waals surface area (Å²) in [6.07, 6.45) is 8.37. The molecule has 0 amide bonds. The maximum absolute atomic E-state index is 3.67. The van der Waals surface area contributed by atoms with E-state index >= 15 is 0 Å². The van der Waals surface area contributed by atoms with Gasteiger partial charge in [-0.15, -0.1) is 0 Å². The van der Waals surface area contributed by atoms with Crippen molar-refractivity contribution in [2.45, 2.75) is 34.1 Å². The van der Waals surface area contributed by atoms with Gasteiger partial charge in [-0.2, -0.15) is 0 Å². The minimum atomic E-state index is 1.02. The first kappa shape index (κ1) is 20.8. The first-order valence-corrected chi connectivity index (χ1v) is 5.72. The van der Waals surface area contributed by atoms with Crippen LogP contribution in [0.1, 0.15) is 34.1 Å². The van der Waals surface area contributed by atoms with E-state index in [1.54, 1.807) is 12.2 Å². The third kappa shape index (κ3) is 31.4. The predicted molar refractivity (Wildman–Crippen MR) is 84.3 cm³/mol. The minimum Gasteiger partial charge on any atom is -0.0991 e. The van der Waals surface area contributed by atoms with Crippen LogP contribution in [0.15, 0.2) is 73.9 Å². The fraction of sp³-hybridized carbons (Fsp3) is 0.294. The molecule has 0 saturated carbocycles. The highest BCUT2D eigenvalue weighted by molar-refractivity contribution is 5.19. The molecule has 0 radical (unpaired) electrons. The Kier molecular flexibility index (Phi) is 20.6. The van der Waals surface area contributed by atoms with Crippen molar-refractivity contribution in [3.63, 3.8) is 0 Å². The molecule has 0 aromatic rings. The molecule has 0 rings (SSSR count). The smallest absolute Gasteiger partial charge is 0.0314 e. The van der Waals surface area contributed by atoms with Crippen LogP contribution in [0.2, 0.25) is 0 Å². The van der Waals surface area contributed by atoms with Crippen molar-refractivity contribution < 1.29 is 0 Å². The topological polar surface area (TPSA) is 0 Å². The second-order valence-electron chi connectivity index (χ2n) is 3.54. The monoisotopic (exact) mass is 232 g/mol. The van der Waals surface area contributed by atoms with E-state index in [1.165, 1.54) is 0 Å². The molecule has 0 aromatic heterocycles. The number of allylic oxidation sites excluding steroid dienone is 7. The molecule has 0 heteroatoms. The van der Waals surface area contributed by atoms with Crippen molar-refractivity contribution >= 4 is 0 Å². The van der Waals surface area contributed by atoms with E-state index in [-0.39, 0.29) is 0 Å². The third-order valence-electron chi connectivity index (χ3n) is 1.80. The summed E-state index contributed by atoms with van der Waals surface area (Å²) in [5.74, 6) is 0. The Morgan fingerprint density at radius 2 is 1.41 bits per heavy atom. The normalized spacial score (nSPS) is 8.00. The van der Waals surface area contributed by atoms with Gasteiger partial charge in [0, 0.05) is 0 Å². The maximum Gasteiger partial charge on any atom is -0.0314 e. The van der Waals surface area contributed by atoms with Gasteiger partial charge < -0.3 is 0 Å². The molecule has 0 spiro atoms. The summed E-state index contributed by atoms with van der Waals surface area (Å²) < 4.78 is 0. The SMILES string of the molecule is C=C(C)C(=C)C.C=C/C=C/C.C=CC(=C)CC. The lowest BCUT2D eigenvalue weighted by atomic mass is 10.2. The molecule has 0 bridgehead atoms. The van der Waals surface area contributed by atoms with Crippen LogP contribution in [0.4, 0.5) is 0 Å². The molecular formula is C17H28. The van der Waals surface area contributed by atoms with Crippen LogP contribution < -0.4 is 0 Å². The van der Waals surface area contributed by atoms with Crippen molar-refractivity contribution in [3.05, 3.63) is 73.9 Å². The largest absolute Gasteiger partial charge is 0.0991 e. The summed E-state index contributed by atoms with van der Waals surface area (Å²) in [7, 11) is 0. The zero-order valence-electron chi connectivity index (χ0n) is 12.1. The first-order chi connectivity index (χ1) is 7.87. The summed E-state index contributed by atoms with van der Waals surface area (Å²) in [4.78, 5) is 0. The van der Waals surface area contributed by atoms with E-state index in [2.05, 4.69) is 39.8 Å². The molecule has 0 aliphatic carbocycles. The van der Waals surface area contributed by atoms with Crippen molar-refractivity contribution in [1.82, 2.24) is 0 Å². The molecule has 0 unspecified atom stereocenters. The van der Waals surface area contributed by atoms with Crippen LogP contribution in [-0.4, -0.2) is 0 Å². The molecule has 0 N–H and O–H groups in total. The van der Waals surface area contributed by atoms with Crippen LogP contribution in [-0.2, 0) is 0 Å². The van der Waals surface area contributed by atoms with Crippen LogP contribution in [0.3, 0.4) is 0 Å². The average Bonchev–Trinajstić information content (AvgIpc) is 2.30. The molecular weight excluding hydrogens is 204 g/mol. The highest BCUT2D eigenvalue weighted by atomic mass is 13.8. The van der Waals surface area contributed by atoms with E-state index < -0.39 is 0 Å². The fourth-order valence-electron chi connectivity index (χ4n) is 0.280. The summed E-state index contributed by atoms with van der Waals surface area (Å²) in [5, 5.41) is 0. The Labute approximate surface area is 108 Å². The molecule has 0 aliphatic rings. The molecule has 0 aliphatic heterocycles. The summed E-state index contributed by atoms with van der Waals surface area (Å²) >= 11 is 0. The average molecular weight is 232 g/mol. The summed E-state index contributed by atoms with van der Waals surface area (Å²) in [6.45, 7) is 25.9. The van der Waals surface area contributed by atoms with Gasteiger partial charge in [-0.25, -0.2) is 0 Å². The Bertz CT molecular complexity index is 260. The lowest BCUT2D eigenvalue weighted by molar-refractivity contribution is 1.16. The number of rotatable bonds is 4. The van der Waals surface area contributed by atoms with Crippen LogP contribution in [0.25, 0.3) is 0 Å². The highest BCUT2D eigenvalue weighted by Gasteiger charge is 1.77. The highest BCUT2D eigenvalue weighted by Crippen LogP contribution is 1.98. The van der Waals surface area contributed by atoms with Gasteiger partial charge in [0.1, 0.15) is 0 Å². The van der Waals surface area contributed by atoms with Crippen LogP contribution in [0, 0.1) is 0 Å². The van der Waals surface area contributed by atoms with Gasteiger partial charge in [-0.1, -0.05) is 80.8 Å². The van der Waals surface area contributed by atoms with Gasteiger partial charge in [-0.3, -0.25) is 0 Å². The molecule has 17 heavy (non-hydrogen) atoms. The molecule has 0 fully saturated rings. The van der Waals surface area contributed by atoms with E-state index in [1.807, 2.05) is 32.9 Å². The fourth-order valence-corrected chi connectivity index (χ4v) is 0.280.